The van der Waals surface area contributed by atoms with Gasteiger partial charge in [-0.3, -0.25) is 14.4 Å². The number of nitrogens with one attached hydrogen (secondary N) is 2. The van der Waals surface area contributed by atoms with Crippen LogP contribution >= 0.6 is 0 Å². The molecular weight excluding hydrogens is 339 g/mol. The summed E-state index contributed by atoms with van der Waals surface area (Å²) in [6.07, 6.45) is 0. The summed E-state index contributed by atoms with van der Waals surface area (Å²) in [4.78, 5) is 36.1. The van der Waals surface area contributed by atoms with Crippen LogP contribution in [0, 0.1) is 12.7 Å². The van der Waals surface area contributed by atoms with E-state index in [-0.39, 0.29) is 12.2 Å². The third-order valence-corrected chi connectivity index (χ3v) is 3.33. The Morgan fingerprint density at radius 1 is 1.23 bits per heavy atom. The molecule has 2 amide bonds. The van der Waals surface area contributed by atoms with Gasteiger partial charge < -0.3 is 10.6 Å². The fraction of sp³-hybridized carbons (Fsp3) is 0.333. The van der Waals surface area contributed by atoms with E-state index in [1.807, 2.05) is 0 Å². The number of aromatic nitrogens is 2. The Bertz CT molecular complexity index is 900. The smallest absolute Gasteiger partial charge is 0.276 e. The first kappa shape index (κ1) is 19.3. The van der Waals surface area contributed by atoms with E-state index in [0.717, 1.165) is 0 Å². The highest BCUT2D eigenvalue weighted by Crippen LogP contribution is 2.13. The summed E-state index contributed by atoms with van der Waals surface area (Å²) in [6, 6.07) is 7.08. The highest BCUT2D eigenvalue weighted by atomic mass is 19.1. The van der Waals surface area contributed by atoms with Gasteiger partial charge in [-0.25, -0.2) is 9.07 Å². The van der Waals surface area contributed by atoms with Crippen LogP contribution in [0.25, 0.3) is 5.69 Å². The van der Waals surface area contributed by atoms with Crippen LogP contribution in [0.5, 0.6) is 0 Å². The number of nitrogens with zero attached hydrogens (tertiary/aromatic N) is 2. The average molecular weight is 360 g/mol. The molecule has 0 aliphatic rings. The fourth-order valence-electron chi connectivity index (χ4n) is 2.28. The minimum atomic E-state index is -0.802. The lowest BCUT2D eigenvalue weighted by Gasteiger charge is -2.20. The molecule has 2 rings (SSSR count). The van der Waals surface area contributed by atoms with Crippen LogP contribution in [0.3, 0.4) is 0 Å². The lowest BCUT2D eigenvalue weighted by Crippen LogP contribution is -2.46. The molecule has 1 heterocycles. The summed E-state index contributed by atoms with van der Waals surface area (Å²) in [7, 11) is 0. The highest BCUT2D eigenvalue weighted by molar-refractivity contribution is 5.94. The third kappa shape index (κ3) is 4.75. The first-order valence-corrected chi connectivity index (χ1v) is 8.03. The van der Waals surface area contributed by atoms with Crippen LogP contribution in [0.15, 0.2) is 35.1 Å². The summed E-state index contributed by atoms with van der Waals surface area (Å²) in [5.74, 6) is -1.74. The standard InChI is InChI=1S/C18H21FN4O3/c1-11-9-14(24)16(17(26)20-10-15(25)21-18(2,3)4)22-23(11)13-8-6-5-7-12(13)19/h5-9H,10H2,1-4H3,(H,20,26)(H,21,25). The summed E-state index contributed by atoms with van der Waals surface area (Å²) >= 11 is 0. The van der Waals surface area contributed by atoms with Crippen LogP contribution in [0.2, 0.25) is 0 Å². The zero-order chi connectivity index (χ0) is 19.5. The van der Waals surface area contributed by atoms with E-state index in [4.69, 9.17) is 0 Å². The zero-order valence-corrected chi connectivity index (χ0v) is 15.1. The number of carbonyl (C=O) groups is 2. The largest absolute Gasteiger partial charge is 0.350 e. The predicted octanol–water partition coefficient (Wildman–Crippen LogP) is 1.32. The highest BCUT2D eigenvalue weighted by Gasteiger charge is 2.19. The van der Waals surface area contributed by atoms with E-state index in [9.17, 15) is 18.8 Å². The van der Waals surface area contributed by atoms with E-state index in [1.54, 1.807) is 33.8 Å². The van der Waals surface area contributed by atoms with Gasteiger partial charge in [-0.15, -0.1) is 0 Å². The van der Waals surface area contributed by atoms with Crippen molar-refractivity contribution in [1.82, 2.24) is 20.4 Å². The van der Waals surface area contributed by atoms with Crippen LogP contribution < -0.4 is 16.1 Å². The second kappa shape index (κ2) is 7.47. The molecular formula is C18H21FN4O3. The van der Waals surface area contributed by atoms with Crippen molar-refractivity contribution in [2.75, 3.05) is 6.54 Å². The number of para-hydroxylation sites is 1. The Morgan fingerprint density at radius 3 is 2.50 bits per heavy atom. The molecule has 2 aromatic rings. The minimum absolute atomic E-state index is 0.115. The molecule has 0 aliphatic carbocycles. The summed E-state index contributed by atoms with van der Waals surface area (Å²) in [5, 5.41) is 9.02. The fourth-order valence-corrected chi connectivity index (χ4v) is 2.28. The SMILES string of the molecule is Cc1cc(=O)c(C(=O)NCC(=O)NC(C)(C)C)nn1-c1ccccc1F. The van der Waals surface area contributed by atoms with E-state index >= 15 is 0 Å². The van der Waals surface area contributed by atoms with E-state index in [0.29, 0.717) is 5.69 Å². The maximum atomic E-state index is 14.0. The molecule has 0 spiro atoms. The Hall–Kier alpha value is -3.03. The van der Waals surface area contributed by atoms with Crippen molar-refractivity contribution in [1.29, 1.82) is 0 Å². The molecule has 7 nitrogen and oxygen atoms in total. The van der Waals surface area contributed by atoms with Crippen molar-refractivity contribution in [2.45, 2.75) is 33.2 Å². The molecule has 0 atom stereocenters. The minimum Gasteiger partial charge on any atom is -0.350 e. The second-order valence-electron chi connectivity index (χ2n) is 6.84. The molecule has 1 aromatic carbocycles. The number of hydrogen-bond acceptors (Lipinski definition) is 4. The van der Waals surface area contributed by atoms with Gasteiger partial charge in [0, 0.05) is 17.3 Å². The molecule has 2 N–H and O–H groups in total. The molecule has 26 heavy (non-hydrogen) atoms. The van der Waals surface area contributed by atoms with Crippen molar-refractivity contribution in [2.24, 2.45) is 0 Å². The van der Waals surface area contributed by atoms with Crippen LogP contribution in [-0.2, 0) is 4.79 Å². The van der Waals surface area contributed by atoms with Gasteiger partial charge in [-0.2, -0.15) is 5.10 Å². The topological polar surface area (TPSA) is 93.1 Å². The Labute approximate surface area is 150 Å². The second-order valence-corrected chi connectivity index (χ2v) is 6.84. The van der Waals surface area contributed by atoms with Crippen molar-refractivity contribution < 1.29 is 14.0 Å². The molecule has 0 saturated heterocycles. The van der Waals surface area contributed by atoms with Gasteiger partial charge in [-0.05, 0) is 39.8 Å². The summed E-state index contributed by atoms with van der Waals surface area (Å²) in [6.45, 7) is 6.70. The molecule has 8 heteroatoms. The van der Waals surface area contributed by atoms with E-state index in [1.165, 1.54) is 28.9 Å². The Kier molecular flexibility index (Phi) is 5.54. The van der Waals surface area contributed by atoms with E-state index in [2.05, 4.69) is 15.7 Å². The normalized spacial score (nSPS) is 11.1. The molecule has 0 fully saturated rings. The van der Waals surface area contributed by atoms with Crippen LogP contribution in [0.4, 0.5) is 4.39 Å². The maximum absolute atomic E-state index is 14.0. The maximum Gasteiger partial charge on any atom is 0.276 e. The molecule has 138 valence electrons. The van der Waals surface area contributed by atoms with Gasteiger partial charge >= 0.3 is 0 Å². The number of halogens is 1. The lowest BCUT2D eigenvalue weighted by molar-refractivity contribution is -0.121. The molecule has 0 bridgehead atoms. The molecule has 0 unspecified atom stereocenters. The summed E-state index contributed by atoms with van der Waals surface area (Å²) in [5.41, 5.74) is -0.973. The van der Waals surface area contributed by atoms with Crippen molar-refractivity contribution in [3.8, 4) is 5.69 Å². The number of carbonyl (C=O) groups excluding carboxylic acids is 2. The zero-order valence-electron chi connectivity index (χ0n) is 15.1. The van der Waals surface area contributed by atoms with Crippen molar-refractivity contribution in [3.05, 3.63) is 57.8 Å². The number of amides is 2. The van der Waals surface area contributed by atoms with Gasteiger partial charge in [-0.1, -0.05) is 12.1 Å². The van der Waals surface area contributed by atoms with Crippen molar-refractivity contribution >= 4 is 11.8 Å². The monoisotopic (exact) mass is 360 g/mol. The quantitative estimate of drug-likeness (QED) is 0.860. The first-order valence-electron chi connectivity index (χ1n) is 8.03. The number of benzene rings is 1. The number of aryl methyl sites for hydroxylation is 1. The number of rotatable bonds is 4. The van der Waals surface area contributed by atoms with Gasteiger partial charge in [0.1, 0.15) is 11.5 Å². The molecule has 0 radical (unpaired) electrons. The summed E-state index contributed by atoms with van der Waals surface area (Å²) < 4.78 is 15.2. The van der Waals surface area contributed by atoms with Gasteiger partial charge in [0.2, 0.25) is 11.3 Å². The van der Waals surface area contributed by atoms with Crippen LogP contribution in [0.1, 0.15) is 37.0 Å². The lowest BCUT2D eigenvalue weighted by atomic mass is 10.1. The first-order chi connectivity index (χ1) is 12.1. The predicted molar refractivity (Wildman–Crippen MR) is 94.8 cm³/mol. The number of hydrogen-bond donors (Lipinski definition) is 2. The third-order valence-electron chi connectivity index (χ3n) is 3.33. The molecule has 1 aromatic heterocycles. The van der Waals surface area contributed by atoms with Crippen molar-refractivity contribution in [3.63, 3.8) is 0 Å². The average Bonchev–Trinajstić information content (AvgIpc) is 2.52. The Morgan fingerprint density at radius 2 is 1.88 bits per heavy atom. The van der Waals surface area contributed by atoms with Gasteiger partial charge in [0.15, 0.2) is 5.69 Å². The van der Waals surface area contributed by atoms with Gasteiger partial charge in [0.05, 0.1) is 6.54 Å². The van der Waals surface area contributed by atoms with Gasteiger partial charge in [0.25, 0.3) is 5.91 Å². The Balaban J connectivity index is 2.26. The van der Waals surface area contributed by atoms with Crippen LogP contribution in [-0.4, -0.2) is 33.7 Å². The molecule has 0 aliphatic heterocycles. The van der Waals surface area contributed by atoms with E-state index < -0.39 is 34.3 Å². The molecule has 0 saturated carbocycles.